The second-order valence-corrected chi connectivity index (χ2v) is 4.76. The summed E-state index contributed by atoms with van der Waals surface area (Å²) >= 11 is 0. The van der Waals surface area contributed by atoms with Gasteiger partial charge >= 0.3 is 0 Å². The van der Waals surface area contributed by atoms with E-state index in [9.17, 15) is 5.11 Å². The molecule has 0 bridgehead atoms. The first-order chi connectivity index (χ1) is 8.54. The summed E-state index contributed by atoms with van der Waals surface area (Å²) in [5.41, 5.74) is 0.904. The van der Waals surface area contributed by atoms with Gasteiger partial charge in [0.25, 0.3) is 0 Å². The topological polar surface area (TPSA) is 44.7 Å². The summed E-state index contributed by atoms with van der Waals surface area (Å²) in [7, 11) is 5.73. The second-order valence-electron chi connectivity index (χ2n) is 4.76. The zero-order chi connectivity index (χ0) is 13.5. The molecule has 0 saturated carbocycles. The minimum atomic E-state index is -0.481. The standard InChI is InChI=1S/C14H24N2O2/c1-11(16(2)3)9-15-10-14(17)12-5-7-13(18-4)8-6-12/h5-8,11,14-15,17H,9-10H2,1-4H3. The number of hydrogen-bond acceptors (Lipinski definition) is 4. The van der Waals surface area contributed by atoms with Crippen molar-refractivity contribution in [1.29, 1.82) is 0 Å². The fraction of sp³-hybridized carbons (Fsp3) is 0.571. The molecule has 0 amide bonds. The molecular weight excluding hydrogens is 228 g/mol. The van der Waals surface area contributed by atoms with E-state index in [1.165, 1.54) is 0 Å². The third-order valence-corrected chi connectivity index (χ3v) is 3.16. The Morgan fingerprint density at radius 1 is 1.22 bits per heavy atom. The predicted molar refractivity (Wildman–Crippen MR) is 74.0 cm³/mol. The molecule has 0 fully saturated rings. The molecule has 0 radical (unpaired) electrons. The number of rotatable bonds is 7. The van der Waals surface area contributed by atoms with Gasteiger partial charge in [0.2, 0.25) is 0 Å². The fourth-order valence-electron chi connectivity index (χ4n) is 1.56. The van der Waals surface area contributed by atoms with Crippen molar-refractivity contribution in [3.8, 4) is 5.75 Å². The molecule has 102 valence electrons. The van der Waals surface area contributed by atoms with Crippen LogP contribution in [-0.2, 0) is 0 Å². The molecule has 0 saturated heterocycles. The smallest absolute Gasteiger partial charge is 0.118 e. The molecular formula is C14H24N2O2. The van der Waals surface area contributed by atoms with Crippen LogP contribution < -0.4 is 10.1 Å². The summed E-state index contributed by atoms with van der Waals surface area (Å²) in [6.07, 6.45) is -0.481. The van der Waals surface area contributed by atoms with Gasteiger partial charge in [0.1, 0.15) is 5.75 Å². The lowest BCUT2D eigenvalue weighted by Crippen LogP contribution is -2.37. The third kappa shape index (κ3) is 4.64. The van der Waals surface area contributed by atoms with Crippen LogP contribution >= 0.6 is 0 Å². The van der Waals surface area contributed by atoms with E-state index in [0.29, 0.717) is 12.6 Å². The molecule has 0 aliphatic carbocycles. The van der Waals surface area contributed by atoms with Crippen LogP contribution in [0.3, 0.4) is 0 Å². The number of ether oxygens (including phenoxy) is 1. The first-order valence-corrected chi connectivity index (χ1v) is 6.23. The van der Waals surface area contributed by atoms with Crippen LogP contribution in [0.25, 0.3) is 0 Å². The Hall–Kier alpha value is -1.10. The molecule has 1 rings (SSSR count). The SMILES string of the molecule is COc1ccc(C(O)CNCC(C)N(C)C)cc1. The van der Waals surface area contributed by atoms with E-state index in [0.717, 1.165) is 17.9 Å². The first-order valence-electron chi connectivity index (χ1n) is 6.23. The van der Waals surface area contributed by atoms with Crippen molar-refractivity contribution in [2.45, 2.75) is 19.1 Å². The molecule has 2 atom stereocenters. The van der Waals surface area contributed by atoms with Crippen molar-refractivity contribution in [2.24, 2.45) is 0 Å². The highest BCUT2D eigenvalue weighted by Gasteiger charge is 2.09. The Kier molecular flexibility index (Phi) is 6.12. The van der Waals surface area contributed by atoms with Crippen LogP contribution in [0.2, 0.25) is 0 Å². The molecule has 4 nitrogen and oxygen atoms in total. The molecule has 4 heteroatoms. The third-order valence-electron chi connectivity index (χ3n) is 3.16. The minimum Gasteiger partial charge on any atom is -0.497 e. The van der Waals surface area contributed by atoms with Crippen molar-refractivity contribution in [3.05, 3.63) is 29.8 Å². The highest BCUT2D eigenvalue weighted by Crippen LogP contribution is 2.16. The van der Waals surface area contributed by atoms with E-state index in [2.05, 4.69) is 17.1 Å². The van der Waals surface area contributed by atoms with E-state index >= 15 is 0 Å². The number of aliphatic hydroxyl groups is 1. The zero-order valence-corrected chi connectivity index (χ0v) is 11.7. The van der Waals surface area contributed by atoms with Crippen molar-refractivity contribution >= 4 is 0 Å². The summed E-state index contributed by atoms with van der Waals surface area (Å²) in [6, 6.07) is 7.95. The molecule has 0 aliphatic heterocycles. The number of likely N-dealkylation sites (N-methyl/N-ethyl adjacent to an activating group) is 1. The fourth-order valence-corrected chi connectivity index (χ4v) is 1.56. The summed E-state index contributed by atoms with van der Waals surface area (Å²) < 4.78 is 5.09. The largest absolute Gasteiger partial charge is 0.497 e. The number of benzene rings is 1. The Morgan fingerprint density at radius 2 is 1.83 bits per heavy atom. The maximum Gasteiger partial charge on any atom is 0.118 e. The van der Waals surface area contributed by atoms with Gasteiger partial charge in [-0.05, 0) is 38.7 Å². The summed E-state index contributed by atoms with van der Waals surface area (Å²) in [4.78, 5) is 2.15. The van der Waals surface area contributed by atoms with Crippen molar-refractivity contribution in [1.82, 2.24) is 10.2 Å². The number of aliphatic hydroxyl groups excluding tert-OH is 1. The van der Waals surface area contributed by atoms with Crippen LogP contribution in [-0.4, -0.2) is 50.3 Å². The predicted octanol–water partition coefficient (Wildman–Crippen LogP) is 1.27. The van der Waals surface area contributed by atoms with Crippen molar-refractivity contribution in [2.75, 3.05) is 34.3 Å². The molecule has 18 heavy (non-hydrogen) atoms. The van der Waals surface area contributed by atoms with Gasteiger partial charge in [0, 0.05) is 19.1 Å². The van der Waals surface area contributed by atoms with Gasteiger partial charge < -0.3 is 20.1 Å². The molecule has 1 aromatic carbocycles. The Balaban J connectivity index is 2.37. The van der Waals surface area contributed by atoms with Crippen LogP contribution in [0.5, 0.6) is 5.75 Å². The molecule has 2 unspecified atom stereocenters. The Labute approximate surface area is 110 Å². The summed E-state index contributed by atoms with van der Waals surface area (Å²) in [5, 5.41) is 13.3. The van der Waals surface area contributed by atoms with Gasteiger partial charge in [-0.1, -0.05) is 12.1 Å². The highest BCUT2D eigenvalue weighted by molar-refractivity contribution is 5.28. The van der Waals surface area contributed by atoms with Crippen LogP contribution in [0.4, 0.5) is 0 Å². The number of methoxy groups -OCH3 is 1. The normalized spacial score (nSPS) is 14.6. The van der Waals surface area contributed by atoms with Gasteiger partial charge in [-0.2, -0.15) is 0 Å². The number of hydrogen-bond donors (Lipinski definition) is 2. The van der Waals surface area contributed by atoms with Gasteiger partial charge in [-0.25, -0.2) is 0 Å². The molecule has 2 N–H and O–H groups in total. The summed E-state index contributed by atoms with van der Waals surface area (Å²) in [6.45, 7) is 3.57. The lowest BCUT2D eigenvalue weighted by Gasteiger charge is -2.21. The number of nitrogens with one attached hydrogen (secondary N) is 1. The van der Waals surface area contributed by atoms with Crippen molar-refractivity contribution in [3.63, 3.8) is 0 Å². The van der Waals surface area contributed by atoms with Gasteiger partial charge in [0.15, 0.2) is 0 Å². The van der Waals surface area contributed by atoms with Gasteiger partial charge in [-0.3, -0.25) is 0 Å². The van der Waals surface area contributed by atoms with E-state index in [-0.39, 0.29) is 0 Å². The number of nitrogens with zero attached hydrogens (tertiary/aromatic N) is 1. The van der Waals surface area contributed by atoms with E-state index in [1.807, 2.05) is 38.4 Å². The maximum absolute atomic E-state index is 10.0. The molecule has 0 aromatic heterocycles. The second kappa shape index (κ2) is 7.36. The molecule has 0 aliphatic rings. The monoisotopic (exact) mass is 252 g/mol. The van der Waals surface area contributed by atoms with Crippen LogP contribution in [0, 0.1) is 0 Å². The molecule has 0 heterocycles. The quantitative estimate of drug-likeness (QED) is 0.767. The Morgan fingerprint density at radius 3 is 2.33 bits per heavy atom. The van der Waals surface area contributed by atoms with E-state index < -0.39 is 6.10 Å². The van der Waals surface area contributed by atoms with E-state index in [1.54, 1.807) is 7.11 Å². The zero-order valence-electron chi connectivity index (χ0n) is 11.7. The highest BCUT2D eigenvalue weighted by atomic mass is 16.5. The van der Waals surface area contributed by atoms with Crippen LogP contribution in [0.1, 0.15) is 18.6 Å². The average Bonchev–Trinajstić information content (AvgIpc) is 2.38. The molecule has 0 spiro atoms. The van der Waals surface area contributed by atoms with Gasteiger partial charge in [0.05, 0.1) is 13.2 Å². The van der Waals surface area contributed by atoms with Crippen LogP contribution in [0.15, 0.2) is 24.3 Å². The van der Waals surface area contributed by atoms with Crippen molar-refractivity contribution < 1.29 is 9.84 Å². The lowest BCUT2D eigenvalue weighted by atomic mass is 10.1. The lowest BCUT2D eigenvalue weighted by molar-refractivity contribution is 0.170. The minimum absolute atomic E-state index is 0.452. The summed E-state index contributed by atoms with van der Waals surface area (Å²) in [5.74, 6) is 0.806. The maximum atomic E-state index is 10.0. The van der Waals surface area contributed by atoms with E-state index in [4.69, 9.17) is 4.74 Å². The average molecular weight is 252 g/mol. The Bertz CT molecular complexity index is 338. The van der Waals surface area contributed by atoms with Gasteiger partial charge in [-0.15, -0.1) is 0 Å². The molecule has 1 aromatic rings. The first kappa shape index (κ1) is 15.0.